The molecule has 0 N–H and O–H groups in total. The largest absolute Gasteiger partial charge is 0.497 e. The Balaban J connectivity index is 1.69. The first-order chi connectivity index (χ1) is 15.8. The fraction of sp³-hybridized carbons (Fsp3) is 0.364. The number of benzene rings is 2. The number of hydrogen-bond donors (Lipinski definition) is 0. The molecular formula is C22H24BrN3O4S3. The number of halogens is 1. The van der Waals surface area contributed by atoms with E-state index in [-0.39, 0.29) is 4.90 Å². The van der Waals surface area contributed by atoms with Crippen LogP contribution in [0.25, 0.3) is 10.2 Å². The summed E-state index contributed by atoms with van der Waals surface area (Å²) in [5.41, 5.74) is 1.01. The number of thiazole rings is 1. The van der Waals surface area contributed by atoms with E-state index in [1.165, 1.54) is 34.9 Å². The van der Waals surface area contributed by atoms with Crippen LogP contribution in [0.5, 0.6) is 5.75 Å². The maximum Gasteiger partial charge on any atom is 0.266 e. The predicted molar refractivity (Wildman–Crippen MR) is 136 cm³/mol. The predicted octanol–water partition coefficient (Wildman–Crippen LogP) is 4.12. The summed E-state index contributed by atoms with van der Waals surface area (Å²) in [7, 11) is -2.29. The van der Waals surface area contributed by atoms with E-state index in [0.717, 1.165) is 20.4 Å². The third-order valence-corrected chi connectivity index (χ3v) is 9.57. The average Bonchev–Trinajstić information content (AvgIpc) is 3.43. The molecule has 0 spiro atoms. The summed E-state index contributed by atoms with van der Waals surface area (Å²) in [6.07, 6.45) is 3.11. The maximum absolute atomic E-state index is 13.3. The van der Waals surface area contributed by atoms with Gasteiger partial charge in [-0.1, -0.05) is 27.3 Å². The molecule has 1 atom stereocenters. The summed E-state index contributed by atoms with van der Waals surface area (Å²) in [6, 6.07) is 11.4. The first-order valence-corrected chi connectivity index (χ1v) is 14.8. The molecule has 11 heteroatoms. The first-order valence-electron chi connectivity index (χ1n) is 10.4. The van der Waals surface area contributed by atoms with Crippen LogP contribution >= 0.6 is 39.0 Å². The topological polar surface area (TPSA) is 81.0 Å². The smallest absolute Gasteiger partial charge is 0.266 e. The number of carbonyl (C=O) groups is 1. The van der Waals surface area contributed by atoms with Gasteiger partial charge in [0.2, 0.25) is 10.0 Å². The van der Waals surface area contributed by atoms with Gasteiger partial charge >= 0.3 is 0 Å². The van der Waals surface area contributed by atoms with Crippen LogP contribution in [0, 0.1) is 0 Å². The fourth-order valence-electron chi connectivity index (χ4n) is 3.86. The van der Waals surface area contributed by atoms with Gasteiger partial charge in [0.25, 0.3) is 5.91 Å². The molecule has 1 aromatic heterocycles. The molecule has 33 heavy (non-hydrogen) atoms. The number of fused-ring (bicyclic) bond motifs is 1. The Morgan fingerprint density at radius 1 is 1.27 bits per heavy atom. The highest BCUT2D eigenvalue weighted by Gasteiger charge is 2.39. The molecular weight excluding hydrogens is 546 g/mol. The van der Waals surface area contributed by atoms with Crippen molar-refractivity contribution in [2.45, 2.75) is 30.3 Å². The lowest BCUT2D eigenvalue weighted by Crippen LogP contribution is -2.40. The number of carbonyl (C=O) groups excluding carboxylic acids is 1. The molecule has 1 aliphatic rings. The minimum absolute atomic E-state index is 0.143. The number of ether oxygens (including phenoxy) is 1. The molecule has 2 heterocycles. The van der Waals surface area contributed by atoms with Gasteiger partial charge < -0.3 is 9.30 Å². The second kappa shape index (κ2) is 10.3. The number of hydrogen-bond acceptors (Lipinski definition) is 6. The number of thioether (sulfide) groups is 1. The summed E-state index contributed by atoms with van der Waals surface area (Å²) in [5, 5.41) is 0. The molecule has 1 amide bonds. The monoisotopic (exact) mass is 569 g/mol. The van der Waals surface area contributed by atoms with Crippen LogP contribution in [-0.4, -0.2) is 54.9 Å². The molecule has 0 aliphatic carbocycles. The lowest BCUT2D eigenvalue weighted by molar-refractivity contribution is -0.121. The van der Waals surface area contributed by atoms with E-state index in [1.807, 2.05) is 29.0 Å². The standard InChI is InChI=1S/C22H24BrN3O4S3/c1-30-16-6-8-17(9-7-16)33(28,29)26-11-3-4-19(26)21(27)24-22-25(12-13-31-2)18-10-5-15(23)14-20(18)32-22/h5-10,14,19H,3-4,11-13H2,1-2H3. The molecule has 176 valence electrons. The molecule has 0 saturated carbocycles. The second-order valence-electron chi connectivity index (χ2n) is 7.54. The van der Waals surface area contributed by atoms with Gasteiger partial charge in [-0.3, -0.25) is 4.79 Å². The number of sulfonamides is 1. The summed E-state index contributed by atoms with van der Waals surface area (Å²) < 4.78 is 37.0. The minimum Gasteiger partial charge on any atom is -0.497 e. The van der Waals surface area contributed by atoms with Crippen molar-refractivity contribution in [1.29, 1.82) is 0 Å². The number of rotatable bonds is 7. The van der Waals surface area contributed by atoms with Crippen molar-refractivity contribution in [2.24, 2.45) is 4.99 Å². The van der Waals surface area contributed by atoms with Gasteiger partial charge in [-0.15, -0.1) is 0 Å². The molecule has 2 aromatic carbocycles. The molecule has 1 saturated heterocycles. The summed E-state index contributed by atoms with van der Waals surface area (Å²) in [6.45, 7) is 1.01. The average molecular weight is 571 g/mol. The van der Waals surface area contributed by atoms with Crippen molar-refractivity contribution in [3.63, 3.8) is 0 Å². The highest BCUT2D eigenvalue weighted by Crippen LogP contribution is 2.28. The van der Waals surface area contributed by atoms with Gasteiger partial charge in [-0.2, -0.15) is 21.1 Å². The van der Waals surface area contributed by atoms with Crippen LogP contribution in [0.15, 0.2) is 56.8 Å². The van der Waals surface area contributed by atoms with Crippen LogP contribution in [0.1, 0.15) is 12.8 Å². The maximum atomic E-state index is 13.3. The Labute approximate surface area is 209 Å². The number of aryl methyl sites for hydroxylation is 1. The summed E-state index contributed by atoms with van der Waals surface area (Å²) in [5.74, 6) is 1.03. The molecule has 1 fully saturated rings. The normalized spacial score (nSPS) is 17.7. The van der Waals surface area contributed by atoms with Crippen LogP contribution in [0.2, 0.25) is 0 Å². The Kier molecular flexibility index (Phi) is 7.64. The number of aromatic nitrogens is 1. The minimum atomic E-state index is -3.82. The number of amides is 1. The molecule has 4 rings (SSSR count). The molecule has 7 nitrogen and oxygen atoms in total. The molecule has 3 aromatic rings. The van der Waals surface area contributed by atoms with Gasteiger partial charge in [0.15, 0.2) is 4.80 Å². The van der Waals surface area contributed by atoms with E-state index in [9.17, 15) is 13.2 Å². The summed E-state index contributed by atoms with van der Waals surface area (Å²) >= 11 is 6.66. The van der Waals surface area contributed by atoms with Crippen molar-refractivity contribution in [3.05, 3.63) is 51.7 Å². The number of methoxy groups -OCH3 is 1. The second-order valence-corrected chi connectivity index (χ2v) is 12.3. The van der Waals surface area contributed by atoms with Crippen molar-refractivity contribution in [1.82, 2.24) is 8.87 Å². The van der Waals surface area contributed by atoms with E-state index in [1.54, 1.807) is 23.9 Å². The van der Waals surface area contributed by atoms with Gasteiger partial charge in [-0.25, -0.2) is 8.42 Å². The van der Waals surface area contributed by atoms with Crippen LogP contribution < -0.4 is 9.54 Å². The van der Waals surface area contributed by atoms with E-state index in [2.05, 4.69) is 20.9 Å². The van der Waals surface area contributed by atoms with Crippen molar-refractivity contribution in [3.8, 4) is 5.75 Å². The Morgan fingerprint density at radius 3 is 2.73 bits per heavy atom. The number of nitrogens with zero attached hydrogens (tertiary/aromatic N) is 3. The highest BCUT2D eigenvalue weighted by molar-refractivity contribution is 9.10. The molecule has 0 radical (unpaired) electrons. The van der Waals surface area contributed by atoms with Crippen LogP contribution in [0.3, 0.4) is 0 Å². The van der Waals surface area contributed by atoms with E-state index in [0.29, 0.717) is 36.5 Å². The van der Waals surface area contributed by atoms with E-state index >= 15 is 0 Å². The van der Waals surface area contributed by atoms with Gasteiger partial charge in [0.1, 0.15) is 11.8 Å². The van der Waals surface area contributed by atoms with Crippen LogP contribution in [-0.2, 0) is 21.4 Å². The van der Waals surface area contributed by atoms with Crippen LogP contribution in [0.4, 0.5) is 0 Å². The fourth-order valence-corrected chi connectivity index (χ4v) is 7.49. The van der Waals surface area contributed by atoms with Gasteiger partial charge in [0.05, 0.1) is 22.2 Å². The Hall–Kier alpha value is -1.66. The Morgan fingerprint density at radius 2 is 2.03 bits per heavy atom. The Bertz CT molecular complexity index is 1330. The zero-order valence-corrected chi connectivity index (χ0v) is 22.3. The van der Waals surface area contributed by atoms with Crippen molar-refractivity contribution < 1.29 is 17.9 Å². The van der Waals surface area contributed by atoms with Gasteiger partial charge in [0, 0.05) is 23.3 Å². The molecule has 1 unspecified atom stereocenters. The third kappa shape index (κ3) is 5.07. The van der Waals surface area contributed by atoms with E-state index < -0.39 is 22.0 Å². The lowest BCUT2D eigenvalue weighted by atomic mass is 10.2. The highest BCUT2D eigenvalue weighted by atomic mass is 79.9. The van der Waals surface area contributed by atoms with Crippen molar-refractivity contribution >= 4 is 65.2 Å². The molecule has 0 bridgehead atoms. The third-order valence-electron chi connectivity index (χ3n) is 5.52. The summed E-state index contributed by atoms with van der Waals surface area (Å²) in [4.78, 5) is 18.4. The SMILES string of the molecule is COc1ccc(S(=O)(=O)N2CCCC2C(=O)N=c2sc3cc(Br)ccc3n2CCSC)cc1. The zero-order valence-electron chi connectivity index (χ0n) is 18.2. The first kappa shape index (κ1) is 24.5. The quantitative estimate of drug-likeness (QED) is 0.427. The molecule has 1 aliphatic heterocycles. The zero-order chi connectivity index (χ0) is 23.6. The van der Waals surface area contributed by atoms with E-state index in [4.69, 9.17) is 4.74 Å². The lowest BCUT2D eigenvalue weighted by Gasteiger charge is -2.21. The van der Waals surface area contributed by atoms with Gasteiger partial charge in [-0.05, 0) is 61.6 Å². The van der Waals surface area contributed by atoms with Crippen molar-refractivity contribution in [2.75, 3.05) is 25.7 Å².